The number of rotatable bonds is 5. The van der Waals surface area contributed by atoms with E-state index in [1.807, 2.05) is 36.5 Å². The maximum atomic E-state index is 13.1. The van der Waals surface area contributed by atoms with E-state index in [9.17, 15) is 4.79 Å². The van der Waals surface area contributed by atoms with E-state index in [-0.39, 0.29) is 18.0 Å². The van der Waals surface area contributed by atoms with Crippen molar-refractivity contribution in [1.29, 1.82) is 0 Å². The lowest BCUT2D eigenvalue weighted by atomic mass is 9.73. The zero-order chi connectivity index (χ0) is 20.5. The minimum atomic E-state index is -0.135. The lowest BCUT2D eigenvalue weighted by Crippen LogP contribution is -2.57. The zero-order valence-corrected chi connectivity index (χ0v) is 16.9. The number of para-hydroxylation sites is 1. The van der Waals surface area contributed by atoms with Crippen LogP contribution < -0.4 is 5.32 Å². The second-order valence-electron chi connectivity index (χ2n) is 8.33. The molecule has 0 radical (unpaired) electrons. The Labute approximate surface area is 176 Å². The highest BCUT2D eigenvalue weighted by Gasteiger charge is 2.43. The molecule has 1 amide bonds. The van der Waals surface area contributed by atoms with Gasteiger partial charge in [0.1, 0.15) is 5.69 Å². The van der Waals surface area contributed by atoms with Crippen LogP contribution in [0.5, 0.6) is 0 Å². The number of aromatic nitrogens is 2. The molecule has 1 aromatic carbocycles. The molecule has 5 heterocycles. The SMILES string of the molecule is C=CC1CN2CCC1C[C@@H]2C(NC(=O)c1ccccn1)c1ccnc2ccccc12. The summed E-state index contributed by atoms with van der Waals surface area (Å²) in [6, 6.07) is 15.8. The number of hydrogen-bond donors (Lipinski definition) is 1. The molecule has 1 N–H and O–H groups in total. The second-order valence-corrected chi connectivity index (χ2v) is 8.33. The summed E-state index contributed by atoms with van der Waals surface area (Å²) in [4.78, 5) is 24.4. The maximum absolute atomic E-state index is 13.1. The fraction of sp³-hybridized carbons (Fsp3) is 0.320. The number of nitrogens with zero attached hydrogens (tertiary/aromatic N) is 3. The van der Waals surface area contributed by atoms with Gasteiger partial charge in [-0.15, -0.1) is 6.58 Å². The number of hydrogen-bond acceptors (Lipinski definition) is 4. The summed E-state index contributed by atoms with van der Waals surface area (Å²) < 4.78 is 0. The standard InChI is InChI=1S/C25H26N4O/c1-2-17-16-29-14-11-18(17)15-23(29)24(28-25(30)22-9-5-6-12-26-22)20-10-13-27-21-8-4-3-7-19(20)21/h2-10,12-13,17-18,23-24H,1,11,14-16H2,(H,28,30)/t17?,18?,23-,24?/m1/s1. The van der Waals surface area contributed by atoms with Gasteiger partial charge >= 0.3 is 0 Å². The van der Waals surface area contributed by atoms with Gasteiger partial charge in [0.2, 0.25) is 0 Å². The van der Waals surface area contributed by atoms with E-state index >= 15 is 0 Å². The van der Waals surface area contributed by atoms with Crippen molar-refractivity contribution in [3.05, 3.63) is 84.8 Å². The molecule has 0 spiro atoms. The number of amides is 1. The predicted octanol–water partition coefficient (Wildman–Crippen LogP) is 4.00. The van der Waals surface area contributed by atoms with Crippen molar-refractivity contribution in [2.75, 3.05) is 13.1 Å². The Hall–Kier alpha value is -3.05. The number of benzene rings is 1. The summed E-state index contributed by atoms with van der Waals surface area (Å²) in [5.74, 6) is 1.03. The average molecular weight is 399 g/mol. The normalized spacial score (nSPS) is 26.3. The van der Waals surface area contributed by atoms with Gasteiger partial charge in [-0.05, 0) is 61.1 Å². The van der Waals surface area contributed by atoms with E-state index in [4.69, 9.17) is 0 Å². The first-order valence-electron chi connectivity index (χ1n) is 10.7. The summed E-state index contributed by atoms with van der Waals surface area (Å²) in [5, 5.41) is 4.42. The molecule has 3 aliphatic heterocycles. The lowest BCUT2D eigenvalue weighted by Gasteiger charge is -2.51. The molecule has 5 nitrogen and oxygen atoms in total. The van der Waals surface area contributed by atoms with Crippen LogP contribution in [0.15, 0.2) is 73.6 Å². The van der Waals surface area contributed by atoms with E-state index in [1.165, 1.54) is 6.42 Å². The monoisotopic (exact) mass is 398 g/mol. The molecule has 152 valence electrons. The molecule has 2 aromatic heterocycles. The molecular formula is C25H26N4O. The molecule has 30 heavy (non-hydrogen) atoms. The molecule has 2 bridgehead atoms. The minimum absolute atomic E-state index is 0.124. The van der Waals surface area contributed by atoms with E-state index in [0.717, 1.165) is 36.0 Å². The third-order valence-electron chi connectivity index (χ3n) is 6.74. The lowest BCUT2D eigenvalue weighted by molar-refractivity contribution is 0.00167. The van der Waals surface area contributed by atoms with Crippen LogP contribution in [0.3, 0.4) is 0 Å². The number of nitrogens with one attached hydrogen (secondary N) is 1. The highest BCUT2D eigenvalue weighted by Crippen LogP contribution is 2.42. The third kappa shape index (κ3) is 3.39. The van der Waals surface area contributed by atoms with Crippen LogP contribution in [0.1, 0.15) is 34.9 Å². The van der Waals surface area contributed by atoms with Crippen LogP contribution in [0.25, 0.3) is 10.9 Å². The van der Waals surface area contributed by atoms with Gasteiger partial charge in [-0.1, -0.05) is 30.3 Å². The topological polar surface area (TPSA) is 58.1 Å². The molecule has 0 saturated carbocycles. The fourth-order valence-electron chi connectivity index (χ4n) is 5.21. The van der Waals surface area contributed by atoms with Crippen molar-refractivity contribution in [3.8, 4) is 0 Å². The number of carbonyl (C=O) groups is 1. The van der Waals surface area contributed by atoms with Gasteiger partial charge in [-0.25, -0.2) is 0 Å². The Bertz CT molecular complexity index is 1060. The number of pyridine rings is 2. The van der Waals surface area contributed by atoms with Gasteiger partial charge in [0.15, 0.2) is 0 Å². The average Bonchev–Trinajstić information content (AvgIpc) is 2.83. The Morgan fingerprint density at radius 3 is 2.77 bits per heavy atom. The largest absolute Gasteiger partial charge is 0.342 e. The van der Waals surface area contributed by atoms with E-state index in [1.54, 1.807) is 12.3 Å². The maximum Gasteiger partial charge on any atom is 0.270 e. The van der Waals surface area contributed by atoms with E-state index < -0.39 is 0 Å². The summed E-state index contributed by atoms with van der Waals surface area (Å²) in [6.45, 7) is 6.13. The van der Waals surface area contributed by atoms with Gasteiger partial charge in [-0.3, -0.25) is 19.7 Å². The summed E-state index contributed by atoms with van der Waals surface area (Å²) in [5.41, 5.74) is 2.52. The predicted molar refractivity (Wildman–Crippen MR) is 118 cm³/mol. The Morgan fingerprint density at radius 1 is 1.13 bits per heavy atom. The fourth-order valence-corrected chi connectivity index (χ4v) is 5.21. The van der Waals surface area contributed by atoms with E-state index in [0.29, 0.717) is 17.5 Å². The van der Waals surface area contributed by atoms with Crippen LogP contribution >= 0.6 is 0 Å². The molecule has 5 heteroatoms. The first kappa shape index (κ1) is 18.9. The molecule has 5 atom stereocenters. The Morgan fingerprint density at radius 2 is 2.00 bits per heavy atom. The number of carbonyl (C=O) groups excluding carboxylic acids is 1. The highest BCUT2D eigenvalue weighted by atomic mass is 16.2. The van der Waals surface area contributed by atoms with Crippen molar-refractivity contribution in [1.82, 2.24) is 20.2 Å². The van der Waals surface area contributed by atoms with Crippen molar-refractivity contribution in [2.45, 2.75) is 24.9 Å². The first-order chi connectivity index (χ1) is 14.7. The quantitative estimate of drug-likeness (QED) is 0.660. The van der Waals surface area contributed by atoms with Crippen molar-refractivity contribution >= 4 is 16.8 Å². The third-order valence-corrected chi connectivity index (χ3v) is 6.74. The highest BCUT2D eigenvalue weighted by molar-refractivity contribution is 5.93. The van der Waals surface area contributed by atoms with Crippen LogP contribution in [0, 0.1) is 11.8 Å². The summed E-state index contributed by atoms with van der Waals surface area (Å²) in [6.07, 6.45) is 7.87. The molecule has 4 unspecified atom stereocenters. The molecular weight excluding hydrogens is 372 g/mol. The van der Waals surface area contributed by atoms with Crippen LogP contribution in [0.4, 0.5) is 0 Å². The zero-order valence-electron chi connectivity index (χ0n) is 16.9. The van der Waals surface area contributed by atoms with Crippen molar-refractivity contribution < 1.29 is 4.79 Å². The molecule has 0 aliphatic carbocycles. The molecule has 3 saturated heterocycles. The summed E-state index contributed by atoms with van der Waals surface area (Å²) >= 11 is 0. The second kappa shape index (κ2) is 8.00. The number of piperidine rings is 3. The van der Waals surface area contributed by atoms with Crippen molar-refractivity contribution in [3.63, 3.8) is 0 Å². The van der Waals surface area contributed by atoms with Gasteiger partial charge in [0.05, 0.1) is 11.6 Å². The van der Waals surface area contributed by atoms with Crippen LogP contribution in [-0.2, 0) is 0 Å². The van der Waals surface area contributed by atoms with Crippen LogP contribution in [-0.4, -0.2) is 39.9 Å². The minimum Gasteiger partial charge on any atom is -0.342 e. The molecule has 3 fully saturated rings. The van der Waals surface area contributed by atoms with Crippen LogP contribution in [0.2, 0.25) is 0 Å². The van der Waals surface area contributed by atoms with Gasteiger partial charge in [0.25, 0.3) is 5.91 Å². The van der Waals surface area contributed by atoms with Gasteiger partial charge in [0, 0.05) is 30.4 Å². The number of fused-ring (bicyclic) bond motifs is 4. The first-order valence-corrected chi connectivity index (χ1v) is 10.7. The smallest absolute Gasteiger partial charge is 0.270 e. The Balaban J connectivity index is 1.54. The Kier molecular flexibility index (Phi) is 5.05. The molecule has 6 rings (SSSR count). The summed E-state index contributed by atoms with van der Waals surface area (Å²) in [7, 11) is 0. The molecule has 3 aromatic rings. The van der Waals surface area contributed by atoms with Gasteiger partial charge < -0.3 is 5.32 Å². The van der Waals surface area contributed by atoms with Gasteiger partial charge in [-0.2, -0.15) is 0 Å². The molecule has 3 aliphatic rings. The van der Waals surface area contributed by atoms with Crippen molar-refractivity contribution in [2.24, 2.45) is 11.8 Å². The van der Waals surface area contributed by atoms with E-state index in [2.05, 4.69) is 45.0 Å².